The van der Waals surface area contributed by atoms with Crippen LogP contribution in [0.15, 0.2) is 47.1 Å². The second kappa shape index (κ2) is 8.12. The summed E-state index contributed by atoms with van der Waals surface area (Å²) in [5.41, 5.74) is 1.08. The first kappa shape index (κ1) is 15.9. The molecule has 2 N–H and O–H groups in total. The van der Waals surface area contributed by atoms with E-state index in [1.807, 2.05) is 24.3 Å². The lowest BCUT2D eigenvalue weighted by atomic mass is 10.2. The van der Waals surface area contributed by atoms with Crippen LogP contribution < -0.4 is 5.32 Å². The van der Waals surface area contributed by atoms with Crippen LogP contribution in [0.1, 0.15) is 17.4 Å². The van der Waals surface area contributed by atoms with Crippen LogP contribution in [0.25, 0.3) is 0 Å². The van der Waals surface area contributed by atoms with Gasteiger partial charge in [-0.1, -0.05) is 23.7 Å². The number of aliphatic hydroxyl groups is 1. The summed E-state index contributed by atoms with van der Waals surface area (Å²) >= 11 is 7.39. The second-order valence-corrected chi connectivity index (χ2v) is 5.88. The SMILES string of the molecule is O=C(CSCc1cccc(Cl)c1)NCC(O)c1ccco1. The Morgan fingerprint density at radius 1 is 1.38 bits per heavy atom. The fourth-order valence-electron chi connectivity index (χ4n) is 1.73. The number of carbonyl (C=O) groups excluding carboxylic acids is 1. The van der Waals surface area contributed by atoms with Gasteiger partial charge in [-0.05, 0) is 29.8 Å². The van der Waals surface area contributed by atoms with Gasteiger partial charge in [0.05, 0.1) is 18.6 Å². The van der Waals surface area contributed by atoms with Gasteiger partial charge in [0.1, 0.15) is 11.9 Å². The molecule has 1 aromatic heterocycles. The number of nitrogens with one attached hydrogen (secondary N) is 1. The number of hydrogen-bond donors (Lipinski definition) is 2. The summed E-state index contributed by atoms with van der Waals surface area (Å²) in [6.45, 7) is 0.143. The minimum Gasteiger partial charge on any atom is -0.467 e. The number of rotatable bonds is 7. The maximum atomic E-state index is 11.7. The average Bonchev–Trinajstić information content (AvgIpc) is 2.99. The van der Waals surface area contributed by atoms with Crippen molar-refractivity contribution in [3.63, 3.8) is 0 Å². The largest absolute Gasteiger partial charge is 0.467 e. The number of aliphatic hydroxyl groups excluding tert-OH is 1. The predicted octanol–water partition coefficient (Wildman–Crippen LogP) is 3.02. The highest BCUT2D eigenvalue weighted by molar-refractivity contribution is 7.99. The number of furan rings is 1. The van der Waals surface area contributed by atoms with Gasteiger partial charge in [-0.2, -0.15) is 0 Å². The lowest BCUT2D eigenvalue weighted by Crippen LogP contribution is -2.29. The molecule has 6 heteroatoms. The van der Waals surface area contributed by atoms with E-state index in [1.165, 1.54) is 18.0 Å². The van der Waals surface area contributed by atoms with Crippen LogP contribution in [-0.2, 0) is 10.5 Å². The third-order valence-corrected chi connectivity index (χ3v) is 3.99. The van der Waals surface area contributed by atoms with Gasteiger partial charge in [-0.3, -0.25) is 4.79 Å². The fourth-order valence-corrected chi connectivity index (χ4v) is 2.75. The van der Waals surface area contributed by atoms with E-state index in [0.29, 0.717) is 22.3 Å². The summed E-state index contributed by atoms with van der Waals surface area (Å²) in [6.07, 6.45) is 0.670. The molecular weight excluding hydrogens is 310 g/mol. The van der Waals surface area contributed by atoms with E-state index in [0.717, 1.165) is 5.56 Å². The molecular formula is C15H16ClNO3S. The Balaban J connectivity index is 1.66. The van der Waals surface area contributed by atoms with Crippen molar-refractivity contribution >= 4 is 29.3 Å². The van der Waals surface area contributed by atoms with Crippen molar-refractivity contribution in [3.8, 4) is 0 Å². The molecule has 1 unspecified atom stereocenters. The smallest absolute Gasteiger partial charge is 0.230 e. The Kier molecular flexibility index (Phi) is 6.17. The van der Waals surface area contributed by atoms with Gasteiger partial charge < -0.3 is 14.8 Å². The van der Waals surface area contributed by atoms with Gasteiger partial charge in [-0.15, -0.1) is 11.8 Å². The molecule has 1 heterocycles. The van der Waals surface area contributed by atoms with E-state index >= 15 is 0 Å². The first-order valence-electron chi connectivity index (χ1n) is 6.45. The maximum absolute atomic E-state index is 11.7. The minimum atomic E-state index is -0.818. The van der Waals surface area contributed by atoms with E-state index in [1.54, 1.807) is 12.1 Å². The zero-order chi connectivity index (χ0) is 15.1. The average molecular weight is 326 g/mol. The molecule has 0 spiro atoms. The van der Waals surface area contributed by atoms with E-state index in [-0.39, 0.29) is 12.5 Å². The Morgan fingerprint density at radius 2 is 2.24 bits per heavy atom. The normalized spacial score (nSPS) is 12.1. The third-order valence-electron chi connectivity index (χ3n) is 2.76. The van der Waals surface area contributed by atoms with Gasteiger partial charge in [0.15, 0.2) is 0 Å². The molecule has 0 radical (unpaired) electrons. The van der Waals surface area contributed by atoms with Crippen LogP contribution in [-0.4, -0.2) is 23.3 Å². The summed E-state index contributed by atoms with van der Waals surface area (Å²) < 4.78 is 5.06. The minimum absolute atomic E-state index is 0.118. The first-order chi connectivity index (χ1) is 10.1. The zero-order valence-corrected chi connectivity index (χ0v) is 12.9. The van der Waals surface area contributed by atoms with Crippen LogP contribution in [0.5, 0.6) is 0 Å². The van der Waals surface area contributed by atoms with Gasteiger partial charge in [-0.25, -0.2) is 0 Å². The summed E-state index contributed by atoms with van der Waals surface area (Å²) in [6, 6.07) is 10.9. The van der Waals surface area contributed by atoms with Gasteiger partial charge >= 0.3 is 0 Å². The van der Waals surface area contributed by atoms with Crippen molar-refractivity contribution in [1.82, 2.24) is 5.32 Å². The highest BCUT2D eigenvalue weighted by atomic mass is 35.5. The van der Waals surface area contributed by atoms with Crippen LogP contribution in [0.4, 0.5) is 0 Å². The summed E-state index contributed by atoms with van der Waals surface area (Å²) in [5, 5.41) is 13.1. The lowest BCUT2D eigenvalue weighted by molar-refractivity contribution is -0.119. The van der Waals surface area contributed by atoms with E-state index in [2.05, 4.69) is 5.32 Å². The molecule has 2 rings (SSSR count). The summed E-state index contributed by atoms with van der Waals surface area (Å²) in [5.74, 6) is 1.38. The molecule has 0 fully saturated rings. The number of benzene rings is 1. The van der Waals surface area contributed by atoms with Crippen LogP contribution in [0.3, 0.4) is 0 Å². The van der Waals surface area contributed by atoms with Gasteiger partial charge in [0.2, 0.25) is 5.91 Å². The number of carbonyl (C=O) groups is 1. The Hall–Kier alpha value is -1.43. The third kappa shape index (κ3) is 5.46. The molecule has 0 saturated carbocycles. The molecule has 21 heavy (non-hydrogen) atoms. The van der Waals surface area contributed by atoms with Crippen molar-refractivity contribution < 1.29 is 14.3 Å². The fraction of sp³-hybridized carbons (Fsp3) is 0.267. The van der Waals surface area contributed by atoms with Crippen LogP contribution in [0, 0.1) is 0 Å². The quantitative estimate of drug-likeness (QED) is 0.821. The van der Waals surface area contributed by atoms with Crippen molar-refractivity contribution in [3.05, 3.63) is 59.0 Å². The van der Waals surface area contributed by atoms with Crippen molar-refractivity contribution in [1.29, 1.82) is 0 Å². The van der Waals surface area contributed by atoms with Crippen molar-refractivity contribution in [2.24, 2.45) is 0 Å². The van der Waals surface area contributed by atoms with E-state index in [4.69, 9.17) is 16.0 Å². The highest BCUT2D eigenvalue weighted by Crippen LogP contribution is 2.16. The number of halogens is 1. The van der Waals surface area contributed by atoms with Crippen molar-refractivity contribution in [2.75, 3.05) is 12.3 Å². The molecule has 2 aromatic rings. The lowest BCUT2D eigenvalue weighted by Gasteiger charge is -2.09. The Bertz CT molecular complexity index is 574. The molecule has 1 amide bonds. The predicted molar refractivity (Wildman–Crippen MR) is 84.3 cm³/mol. The number of thioether (sulfide) groups is 1. The Labute approximate surface area is 132 Å². The number of hydrogen-bond acceptors (Lipinski definition) is 4. The van der Waals surface area contributed by atoms with E-state index in [9.17, 15) is 9.90 Å². The summed E-state index contributed by atoms with van der Waals surface area (Å²) in [7, 11) is 0. The monoisotopic (exact) mass is 325 g/mol. The molecule has 0 saturated heterocycles. The van der Waals surface area contributed by atoms with Gasteiger partial charge in [0, 0.05) is 10.8 Å². The molecule has 0 aliphatic heterocycles. The van der Waals surface area contributed by atoms with Gasteiger partial charge in [0.25, 0.3) is 0 Å². The molecule has 4 nitrogen and oxygen atoms in total. The molecule has 1 aromatic carbocycles. The highest BCUT2D eigenvalue weighted by Gasteiger charge is 2.11. The first-order valence-corrected chi connectivity index (χ1v) is 7.99. The van der Waals surface area contributed by atoms with E-state index < -0.39 is 6.10 Å². The maximum Gasteiger partial charge on any atom is 0.230 e. The van der Waals surface area contributed by atoms with Crippen LogP contribution in [0.2, 0.25) is 5.02 Å². The molecule has 0 aliphatic rings. The molecule has 0 aliphatic carbocycles. The second-order valence-electron chi connectivity index (χ2n) is 4.46. The molecule has 1 atom stereocenters. The summed E-state index contributed by atoms with van der Waals surface area (Å²) in [4.78, 5) is 11.7. The topological polar surface area (TPSA) is 62.5 Å². The molecule has 112 valence electrons. The molecule has 0 bridgehead atoms. The van der Waals surface area contributed by atoms with Crippen LogP contribution >= 0.6 is 23.4 Å². The standard InChI is InChI=1S/C15H16ClNO3S/c16-12-4-1-3-11(7-12)9-21-10-15(19)17-8-13(18)14-5-2-6-20-14/h1-7,13,18H,8-10H2,(H,17,19). The number of amides is 1. The van der Waals surface area contributed by atoms with Crippen molar-refractivity contribution in [2.45, 2.75) is 11.9 Å². The zero-order valence-electron chi connectivity index (χ0n) is 11.3. The Morgan fingerprint density at radius 3 is 2.95 bits per heavy atom.